The van der Waals surface area contributed by atoms with E-state index in [1.165, 1.54) is 27.8 Å². The number of hydrogen-bond donors (Lipinski definition) is 1. The second kappa shape index (κ2) is 8.86. The van der Waals surface area contributed by atoms with Crippen molar-refractivity contribution in [3.63, 3.8) is 0 Å². The molecule has 0 aromatic carbocycles. The van der Waals surface area contributed by atoms with Crippen molar-refractivity contribution in [2.75, 3.05) is 24.5 Å². The van der Waals surface area contributed by atoms with Crippen molar-refractivity contribution in [3.05, 3.63) is 23.5 Å². The van der Waals surface area contributed by atoms with Gasteiger partial charge in [-0.25, -0.2) is 26.6 Å². The lowest BCUT2D eigenvalue weighted by atomic mass is 10.1. The molecule has 16 heteroatoms. The van der Waals surface area contributed by atoms with E-state index in [9.17, 15) is 31.6 Å². The first-order chi connectivity index (χ1) is 18.5. The highest BCUT2D eigenvalue weighted by Gasteiger charge is 2.54. The number of anilines is 1. The third kappa shape index (κ3) is 4.51. The van der Waals surface area contributed by atoms with Crippen LogP contribution in [0.15, 0.2) is 23.4 Å². The molecular weight excluding hydrogens is 557 g/mol. The number of hydrogen-bond acceptors (Lipinski definition) is 9. The van der Waals surface area contributed by atoms with E-state index >= 15 is 0 Å². The van der Waals surface area contributed by atoms with Gasteiger partial charge in [0.2, 0.25) is 10.0 Å². The van der Waals surface area contributed by atoms with Crippen LogP contribution in [0.5, 0.6) is 0 Å². The lowest BCUT2D eigenvalue weighted by molar-refractivity contribution is -0.140. The van der Waals surface area contributed by atoms with Crippen molar-refractivity contribution in [3.8, 4) is 16.9 Å². The summed E-state index contributed by atoms with van der Waals surface area (Å²) >= 11 is 0.647. The van der Waals surface area contributed by atoms with Crippen molar-refractivity contribution in [2.45, 2.75) is 61.2 Å². The van der Waals surface area contributed by atoms with Crippen molar-refractivity contribution < 1.29 is 26.4 Å². The van der Waals surface area contributed by atoms with Gasteiger partial charge in [0.15, 0.2) is 21.5 Å². The number of carbonyl (C=O) groups excluding carboxylic acids is 1. The second-order valence-corrected chi connectivity index (χ2v) is 12.9. The zero-order chi connectivity index (χ0) is 27.7. The average Bonchev–Trinajstić information content (AvgIpc) is 3.71. The summed E-state index contributed by atoms with van der Waals surface area (Å²) in [6.07, 6.45) is 1.18. The lowest BCUT2D eigenvalue weighted by Gasteiger charge is -2.41. The number of rotatable bonds is 7. The van der Waals surface area contributed by atoms with E-state index in [1.54, 1.807) is 6.92 Å². The zero-order valence-electron chi connectivity index (χ0n) is 20.6. The van der Waals surface area contributed by atoms with Crippen LogP contribution < -0.4 is 9.62 Å². The first kappa shape index (κ1) is 26.0. The summed E-state index contributed by atoms with van der Waals surface area (Å²) in [6, 6.07) is 3.11. The Morgan fingerprint density at radius 2 is 2.00 bits per heavy atom. The molecule has 3 fully saturated rings. The van der Waals surface area contributed by atoms with E-state index in [4.69, 9.17) is 0 Å². The fourth-order valence-corrected chi connectivity index (χ4v) is 6.85. The number of pyridine rings is 1. The maximum atomic E-state index is 14.5. The lowest BCUT2D eigenvalue weighted by Crippen LogP contribution is -2.56. The molecule has 2 saturated carbocycles. The van der Waals surface area contributed by atoms with Crippen LogP contribution >= 0.6 is 11.3 Å². The third-order valence-corrected chi connectivity index (χ3v) is 9.75. The van der Waals surface area contributed by atoms with Crippen LogP contribution in [0.2, 0.25) is 0 Å². The van der Waals surface area contributed by atoms with E-state index < -0.39 is 38.6 Å². The van der Waals surface area contributed by atoms with Crippen LogP contribution in [-0.2, 0) is 14.8 Å². The van der Waals surface area contributed by atoms with Gasteiger partial charge in [0.05, 0.1) is 23.5 Å². The van der Waals surface area contributed by atoms with Gasteiger partial charge in [-0.15, -0.1) is 10.2 Å². The number of nitrogens with zero attached hydrogens (tertiary/aromatic N) is 7. The van der Waals surface area contributed by atoms with Gasteiger partial charge in [-0.05, 0) is 38.7 Å². The first-order valence-corrected chi connectivity index (χ1v) is 14.6. The number of halogens is 3. The molecular formula is C23H23F3N8O3S2. The number of imidazole rings is 1. The Kier molecular flexibility index (Phi) is 5.90. The molecule has 6 rings (SSSR count). The molecule has 39 heavy (non-hydrogen) atoms. The zero-order valence-corrected chi connectivity index (χ0v) is 22.3. The van der Waals surface area contributed by atoms with E-state index in [2.05, 4.69) is 19.9 Å². The highest BCUT2D eigenvalue weighted by molar-refractivity contribution is 7.89. The van der Waals surface area contributed by atoms with E-state index in [-0.39, 0.29) is 41.2 Å². The number of fused-ring (bicyclic) bond motifs is 1. The topological polar surface area (TPSA) is 137 Å². The Balaban J connectivity index is 1.41. The molecule has 0 spiro atoms. The smallest absolute Gasteiger partial charge is 0.291 e. The van der Waals surface area contributed by atoms with E-state index in [0.29, 0.717) is 48.5 Å². The molecule has 3 aliphatic rings. The first-order valence-electron chi connectivity index (χ1n) is 12.3. The Labute approximate surface area is 225 Å². The number of alkyl halides is 3. The molecule has 3 aromatic rings. The Morgan fingerprint density at radius 1 is 1.26 bits per heavy atom. The van der Waals surface area contributed by atoms with Crippen LogP contribution in [0.25, 0.3) is 16.3 Å². The van der Waals surface area contributed by atoms with Crippen molar-refractivity contribution in [1.82, 2.24) is 29.2 Å². The van der Waals surface area contributed by atoms with Crippen LogP contribution in [-0.4, -0.2) is 75.7 Å². The molecule has 1 N–H and O–H groups in total. The summed E-state index contributed by atoms with van der Waals surface area (Å²) in [5.74, 6) is -0.395. The van der Waals surface area contributed by atoms with Gasteiger partial charge >= 0.3 is 0 Å². The molecule has 4 heterocycles. The minimum Gasteiger partial charge on any atom is -0.366 e. The van der Waals surface area contributed by atoms with Gasteiger partial charge < -0.3 is 9.80 Å². The van der Waals surface area contributed by atoms with Crippen LogP contribution in [0.3, 0.4) is 0 Å². The molecule has 206 valence electrons. The fourth-order valence-electron chi connectivity index (χ4n) is 4.76. The van der Waals surface area contributed by atoms with E-state index in [1.807, 2.05) is 11.0 Å². The molecule has 1 aliphatic heterocycles. The van der Waals surface area contributed by atoms with E-state index in [0.717, 1.165) is 0 Å². The van der Waals surface area contributed by atoms with Gasteiger partial charge in [-0.1, -0.05) is 11.3 Å². The predicted molar refractivity (Wildman–Crippen MR) is 133 cm³/mol. The van der Waals surface area contributed by atoms with Gasteiger partial charge in [0.1, 0.15) is 10.4 Å². The molecule has 0 unspecified atom stereocenters. The normalized spacial score (nSPS) is 21.8. The Hall–Kier alpha value is -3.29. The number of aromatic nitrogens is 4. The number of sulfonamides is 1. The monoisotopic (exact) mass is 580 g/mol. The molecule has 1 saturated heterocycles. The molecule has 1 amide bonds. The second-order valence-electron chi connectivity index (χ2n) is 10.2. The summed E-state index contributed by atoms with van der Waals surface area (Å²) in [4.78, 5) is 20.2. The molecule has 11 nitrogen and oxygen atoms in total. The number of piperazine rings is 1. The van der Waals surface area contributed by atoms with Gasteiger partial charge in [0.25, 0.3) is 12.3 Å². The molecule has 0 bridgehead atoms. The summed E-state index contributed by atoms with van der Waals surface area (Å²) in [6.45, 7) is 2.63. The largest absolute Gasteiger partial charge is 0.366 e. The van der Waals surface area contributed by atoms with Crippen LogP contribution in [0, 0.1) is 11.3 Å². The van der Waals surface area contributed by atoms with Gasteiger partial charge in [0, 0.05) is 31.9 Å². The number of carbonyl (C=O) groups is 1. The fraction of sp³-hybridized carbons (Fsp3) is 0.522. The number of nitriles is 1. The van der Waals surface area contributed by atoms with Crippen molar-refractivity contribution in [2.24, 2.45) is 0 Å². The standard InChI is InChI=1S/C23H23F3N8O3S2/c1-13-10-32(6-7-33(13)21(35)23(26)4-5-23)15-8-14(39(36,37)31-22(12-27)2-3-22)11-34-16(15)9-28-18(34)20-30-29-19(38-20)17(24)25/h8-9,11,13,17,31H,2-7,10H2,1H3/t13-/m1/s1. The quantitative estimate of drug-likeness (QED) is 0.451. The molecule has 2 aliphatic carbocycles. The Bertz CT molecular complexity index is 1620. The van der Waals surface area contributed by atoms with Crippen molar-refractivity contribution in [1.29, 1.82) is 5.26 Å². The summed E-state index contributed by atoms with van der Waals surface area (Å²) in [7, 11) is -4.17. The van der Waals surface area contributed by atoms with Crippen molar-refractivity contribution >= 4 is 38.5 Å². The SMILES string of the molecule is C[C@@H]1CN(c2cc(S(=O)(=O)NC3(C#N)CC3)cn3c(-c4nnc(C(F)F)s4)ncc23)CCN1C(=O)C1(F)CC1. The maximum absolute atomic E-state index is 14.5. The molecule has 3 aromatic heterocycles. The Morgan fingerprint density at radius 3 is 2.59 bits per heavy atom. The summed E-state index contributed by atoms with van der Waals surface area (Å²) < 4.78 is 71.5. The summed E-state index contributed by atoms with van der Waals surface area (Å²) in [5.41, 5.74) is -2.00. The van der Waals surface area contributed by atoms with Crippen LogP contribution in [0.1, 0.15) is 44.0 Å². The number of nitrogens with one attached hydrogen (secondary N) is 1. The predicted octanol–water partition coefficient (Wildman–Crippen LogP) is 2.66. The van der Waals surface area contributed by atoms with Crippen LogP contribution in [0.4, 0.5) is 18.9 Å². The maximum Gasteiger partial charge on any atom is 0.291 e. The summed E-state index contributed by atoms with van der Waals surface area (Å²) in [5, 5.41) is 16.3. The average molecular weight is 581 g/mol. The highest BCUT2D eigenvalue weighted by Crippen LogP contribution is 2.42. The minimum atomic E-state index is -4.17. The molecule has 0 radical (unpaired) electrons. The minimum absolute atomic E-state index is 0.0795. The van der Waals surface area contributed by atoms with Gasteiger partial charge in [-0.2, -0.15) is 9.98 Å². The van der Waals surface area contributed by atoms with Gasteiger partial charge in [-0.3, -0.25) is 9.20 Å². The third-order valence-electron chi connectivity index (χ3n) is 7.32. The number of amides is 1. The molecule has 1 atom stereocenters. The highest BCUT2D eigenvalue weighted by atomic mass is 32.2.